The largest absolute Gasteiger partial charge is 0.544 e. The van der Waals surface area contributed by atoms with Crippen molar-refractivity contribution in [2.24, 2.45) is 0 Å². The van der Waals surface area contributed by atoms with Gasteiger partial charge in [-0.25, -0.2) is 4.98 Å². The molecule has 0 radical (unpaired) electrons. The summed E-state index contributed by atoms with van der Waals surface area (Å²) in [7, 11) is 0. The molecule has 0 atom stereocenters. The first-order valence-corrected chi connectivity index (χ1v) is 5.35. The van der Waals surface area contributed by atoms with Crippen LogP contribution in [0.2, 0.25) is 5.15 Å². The van der Waals surface area contributed by atoms with E-state index in [4.69, 9.17) is 11.6 Å². The van der Waals surface area contributed by atoms with Crippen molar-refractivity contribution < 1.29 is 9.90 Å². The van der Waals surface area contributed by atoms with Gasteiger partial charge in [-0.1, -0.05) is 11.6 Å². The number of carboxylic acid groups (broad SMARTS) is 1. The predicted molar refractivity (Wildman–Crippen MR) is 56.9 cm³/mol. The van der Waals surface area contributed by atoms with Gasteiger partial charge in [-0.05, 0) is 23.6 Å². The number of hydrogen-bond donors (Lipinski definition) is 0. The number of nitrogens with zero attached hydrogens (tertiary/aromatic N) is 1. The third kappa shape index (κ3) is 1.86. The maximum atomic E-state index is 10.8. The van der Waals surface area contributed by atoms with E-state index in [1.807, 2.05) is 0 Å². The Morgan fingerprint density at radius 1 is 1.40 bits per heavy atom. The lowest BCUT2D eigenvalue weighted by Gasteiger charge is -2.05. The highest BCUT2D eigenvalue weighted by atomic mass is 35.5. The number of carboxylic acids is 1. The molecule has 0 saturated carbocycles. The van der Waals surface area contributed by atoms with Crippen LogP contribution in [0.15, 0.2) is 29.8 Å². The summed E-state index contributed by atoms with van der Waals surface area (Å²) in [5.41, 5.74) is 1.16. The second-order valence-corrected chi connectivity index (χ2v) is 4.07. The second-order valence-electron chi connectivity index (χ2n) is 2.79. The van der Waals surface area contributed by atoms with E-state index in [9.17, 15) is 9.90 Å². The molecule has 0 aliphatic heterocycles. The van der Waals surface area contributed by atoms with Gasteiger partial charge in [-0.3, -0.25) is 0 Å². The first-order valence-electron chi connectivity index (χ1n) is 4.10. The molecule has 0 bridgehead atoms. The third-order valence-electron chi connectivity index (χ3n) is 1.90. The minimum Gasteiger partial charge on any atom is -0.544 e. The van der Waals surface area contributed by atoms with Gasteiger partial charge in [0.05, 0.1) is 10.8 Å². The summed E-state index contributed by atoms with van der Waals surface area (Å²) >= 11 is 6.99. The molecule has 0 amide bonds. The van der Waals surface area contributed by atoms with Crippen LogP contribution >= 0.6 is 22.9 Å². The fraction of sp³-hybridized carbons (Fsp3) is 0. The smallest absolute Gasteiger partial charge is 0.136 e. The summed E-state index contributed by atoms with van der Waals surface area (Å²) in [6, 6.07) is 5.13. The molecule has 0 aliphatic carbocycles. The van der Waals surface area contributed by atoms with Crippen molar-refractivity contribution in [3.8, 4) is 11.1 Å². The number of carbonyl (C=O) groups is 1. The minimum absolute atomic E-state index is 0.171. The van der Waals surface area contributed by atoms with Crippen LogP contribution in [0.25, 0.3) is 11.1 Å². The van der Waals surface area contributed by atoms with E-state index in [2.05, 4.69) is 4.98 Å². The Morgan fingerprint density at radius 3 is 2.87 bits per heavy atom. The Morgan fingerprint density at radius 2 is 2.20 bits per heavy atom. The van der Waals surface area contributed by atoms with Gasteiger partial charge in [0.1, 0.15) is 5.15 Å². The molecule has 0 saturated heterocycles. The third-order valence-corrected chi connectivity index (χ3v) is 3.10. The van der Waals surface area contributed by atoms with Crippen LogP contribution in [0.4, 0.5) is 0 Å². The van der Waals surface area contributed by atoms with Crippen molar-refractivity contribution in [1.82, 2.24) is 4.98 Å². The molecule has 0 N–H and O–H groups in total. The van der Waals surface area contributed by atoms with E-state index >= 15 is 0 Å². The molecule has 3 nitrogen and oxygen atoms in total. The Hall–Kier alpha value is -1.39. The highest BCUT2D eigenvalue weighted by Gasteiger charge is 2.10. The van der Waals surface area contributed by atoms with Gasteiger partial charge in [0, 0.05) is 17.3 Å². The van der Waals surface area contributed by atoms with Crippen LogP contribution in [0, 0.1) is 0 Å². The van der Waals surface area contributed by atoms with E-state index in [0.29, 0.717) is 16.3 Å². The van der Waals surface area contributed by atoms with Crippen LogP contribution in [-0.2, 0) is 0 Å². The topological polar surface area (TPSA) is 53.0 Å². The van der Waals surface area contributed by atoms with E-state index in [-0.39, 0.29) is 4.88 Å². The van der Waals surface area contributed by atoms with Crippen molar-refractivity contribution in [3.63, 3.8) is 0 Å². The van der Waals surface area contributed by atoms with Crippen LogP contribution in [-0.4, -0.2) is 11.0 Å². The van der Waals surface area contributed by atoms with E-state index in [1.54, 1.807) is 29.8 Å². The average Bonchev–Trinajstić information content (AvgIpc) is 2.67. The zero-order valence-corrected chi connectivity index (χ0v) is 9.01. The number of aromatic nitrogens is 1. The average molecular weight is 239 g/mol. The monoisotopic (exact) mass is 238 g/mol. The first-order chi connectivity index (χ1) is 7.20. The SMILES string of the molecule is O=C([O-])c1sccc1-c1cccnc1Cl. The van der Waals surface area contributed by atoms with Crippen LogP contribution < -0.4 is 5.11 Å². The second kappa shape index (κ2) is 4.00. The molecule has 2 aromatic heterocycles. The van der Waals surface area contributed by atoms with Gasteiger partial charge in [0.15, 0.2) is 0 Å². The van der Waals surface area contributed by atoms with Crippen molar-refractivity contribution in [2.75, 3.05) is 0 Å². The van der Waals surface area contributed by atoms with E-state index < -0.39 is 5.97 Å². The quantitative estimate of drug-likeness (QED) is 0.750. The maximum Gasteiger partial charge on any atom is 0.136 e. The lowest BCUT2D eigenvalue weighted by molar-refractivity contribution is -0.254. The summed E-state index contributed by atoms with van der Waals surface area (Å²) in [5.74, 6) is -1.19. The van der Waals surface area contributed by atoms with Gasteiger partial charge < -0.3 is 9.90 Å². The normalized spacial score (nSPS) is 10.2. The highest BCUT2D eigenvalue weighted by molar-refractivity contribution is 7.12. The minimum atomic E-state index is -1.19. The molecule has 0 aliphatic rings. The summed E-state index contributed by atoms with van der Waals surface area (Å²) in [6.07, 6.45) is 1.55. The summed E-state index contributed by atoms with van der Waals surface area (Å²) in [5, 5.41) is 12.8. The van der Waals surface area contributed by atoms with Gasteiger partial charge in [0.25, 0.3) is 0 Å². The lowest BCUT2D eigenvalue weighted by Crippen LogP contribution is -2.21. The molecule has 2 heterocycles. The number of thiophene rings is 1. The number of pyridine rings is 1. The van der Waals surface area contributed by atoms with Crippen molar-refractivity contribution >= 4 is 28.9 Å². The van der Waals surface area contributed by atoms with Gasteiger partial charge in [0.2, 0.25) is 0 Å². The molecule has 15 heavy (non-hydrogen) atoms. The molecule has 5 heteroatoms. The molecule has 76 valence electrons. The van der Waals surface area contributed by atoms with Crippen molar-refractivity contribution in [3.05, 3.63) is 39.8 Å². The predicted octanol–water partition coefficient (Wildman–Crippen LogP) is 1.83. The maximum absolute atomic E-state index is 10.8. The number of halogens is 1. The van der Waals surface area contributed by atoms with Crippen LogP contribution in [0.1, 0.15) is 9.67 Å². The van der Waals surface area contributed by atoms with Crippen molar-refractivity contribution in [1.29, 1.82) is 0 Å². The highest BCUT2D eigenvalue weighted by Crippen LogP contribution is 2.31. The molecular weight excluding hydrogens is 234 g/mol. The zero-order valence-electron chi connectivity index (χ0n) is 7.44. The van der Waals surface area contributed by atoms with E-state index in [1.165, 1.54) is 0 Å². The molecule has 0 spiro atoms. The zero-order chi connectivity index (χ0) is 10.8. The number of aromatic carboxylic acids is 1. The Balaban J connectivity index is 2.59. The fourth-order valence-corrected chi connectivity index (χ4v) is 2.23. The summed E-state index contributed by atoms with van der Waals surface area (Å²) in [4.78, 5) is 14.9. The molecule has 2 rings (SSSR count). The van der Waals surface area contributed by atoms with Gasteiger partial charge >= 0.3 is 0 Å². The fourth-order valence-electron chi connectivity index (χ4n) is 1.27. The van der Waals surface area contributed by atoms with E-state index in [0.717, 1.165) is 11.3 Å². The van der Waals surface area contributed by atoms with Crippen LogP contribution in [0.3, 0.4) is 0 Å². The van der Waals surface area contributed by atoms with Gasteiger partial charge in [-0.2, -0.15) is 0 Å². The molecule has 2 aromatic rings. The van der Waals surface area contributed by atoms with Gasteiger partial charge in [-0.15, -0.1) is 11.3 Å². The first kappa shape index (κ1) is 10.1. The molecule has 0 aromatic carbocycles. The Bertz CT molecular complexity index is 510. The standard InChI is InChI=1S/C10H6ClNO2S/c11-9-7(2-1-4-12-9)6-3-5-15-8(6)10(13)14/h1-5H,(H,13,14)/p-1. The summed E-state index contributed by atoms with van der Waals surface area (Å²) in [6.45, 7) is 0. The number of hydrogen-bond acceptors (Lipinski definition) is 4. The Labute approximate surface area is 95.0 Å². The molecule has 0 unspecified atom stereocenters. The van der Waals surface area contributed by atoms with Crippen LogP contribution in [0.5, 0.6) is 0 Å². The molecule has 0 fully saturated rings. The summed E-state index contributed by atoms with van der Waals surface area (Å²) < 4.78 is 0. The number of carbonyl (C=O) groups excluding carboxylic acids is 1. The lowest BCUT2D eigenvalue weighted by atomic mass is 10.1. The Kier molecular flexibility index (Phi) is 2.70. The molecular formula is C10H5ClNO2S-. The number of rotatable bonds is 2. The van der Waals surface area contributed by atoms with Crippen molar-refractivity contribution in [2.45, 2.75) is 0 Å².